The molecule has 0 saturated heterocycles. The van der Waals surface area contributed by atoms with Crippen molar-refractivity contribution in [3.05, 3.63) is 107 Å². The van der Waals surface area contributed by atoms with Gasteiger partial charge in [-0.2, -0.15) is 5.10 Å². The van der Waals surface area contributed by atoms with Crippen LogP contribution in [0.5, 0.6) is 0 Å². The molecule has 34 heavy (non-hydrogen) atoms. The van der Waals surface area contributed by atoms with E-state index in [0.29, 0.717) is 15.0 Å². The molecule has 3 aromatic carbocycles. The predicted molar refractivity (Wildman–Crippen MR) is 135 cm³/mol. The zero-order valence-corrected chi connectivity index (χ0v) is 18.6. The van der Waals surface area contributed by atoms with Crippen molar-refractivity contribution in [1.82, 2.24) is 25.3 Å². The first-order valence-electron chi connectivity index (χ1n) is 10.6. The Kier molecular flexibility index (Phi) is 4.97. The second-order valence-corrected chi connectivity index (χ2v) is 8.55. The van der Waals surface area contributed by atoms with Gasteiger partial charge < -0.3 is 0 Å². The highest BCUT2D eigenvalue weighted by atomic mass is 32.1. The molecule has 0 N–H and O–H groups in total. The van der Waals surface area contributed by atoms with Crippen LogP contribution in [0.15, 0.2) is 101 Å². The minimum atomic E-state index is -0.347. The van der Waals surface area contributed by atoms with E-state index in [9.17, 15) is 4.79 Å². The third-order valence-electron chi connectivity index (χ3n) is 5.42. The number of hydrogen-bond donors (Lipinski definition) is 0. The summed E-state index contributed by atoms with van der Waals surface area (Å²) in [7, 11) is 0. The molecule has 0 unspecified atom stereocenters. The van der Waals surface area contributed by atoms with Crippen LogP contribution >= 0.6 is 11.3 Å². The second-order valence-electron chi connectivity index (χ2n) is 7.55. The lowest BCUT2D eigenvalue weighted by Gasteiger charge is -2.10. The standard InChI is InChI=1S/C26H16N6OS/c33-26-24-23(29-31-32(26)27-16-17-10-4-1-5-11-17)21-20(18-12-6-2-7-13-18)22(28-30-25(21)34-24)19-14-8-3-9-15-19/h1-16H/b27-16-. The molecule has 0 aliphatic carbocycles. The molecule has 0 saturated carbocycles. The van der Waals surface area contributed by atoms with Crippen LogP contribution in [0.25, 0.3) is 42.8 Å². The molecule has 3 aromatic heterocycles. The van der Waals surface area contributed by atoms with Gasteiger partial charge in [-0.1, -0.05) is 95.8 Å². The van der Waals surface area contributed by atoms with Crippen LogP contribution in [0, 0.1) is 0 Å². The van der Waals surface area contributed by atoms with Crippen molar-refractivity contribution in [3.8, 4) is 22.4 Å². The van der Waals surface area contributed by atoms with Crippen LogP contribution in [0.1, 0.15) is 5.56 Å². The fourth-order valence-electron chi connectivity index (χ4n) is 3.85. The van der Waals surface area contributed by atoms with E-state index in [2.05, 4.69) is 25.6 Å². The molecule has 0 fully saturated rings. The Hall–Kier alpha value is -4.56. The second kappa shape index (κ2) is 8.42. The summed E-state index contributed by atoms with van der Waals surface area (Å²) in [4.78, 5) is 14.9. The first kappa shape index (κ1) is 20.1. The third-order valence-corrected chi connectivity index (χ3v) is 6.47. The van der Waals surface area contributed by atoms with Crippen molar-refractivity contribution in [1.29, 1.82) is 0 Å². The molecule has 0 bridgehead atoms. The summed E-state index contributed by atoms with van der Waals surface area (Å²) in [5, 5.41) is 22.5. The number of aromatic nitrogens is 5. The normalized spacial score (nSPS) is 11.5. The van der Waals surface area contributed by atoms with Crippen LogP contribution in [0.4, 0.5) is 0 Å². The third kappa shape index (κ3) is 3.46. The van der Waals surface area contributed by atoms with Crippen LogP contribution in [-0.4, -0.2) is 31.5 Å². The Morgan fingerprint density at radius 3 is 2.12 bits per heavy atom. The molecular formula is C26H16N6OS. The van der Waals surface area contributed by atoms with Crippen molar-refractivity contribution in [2.45, 2.75) is 0 Å². The highest BCUT2D eigenvalue weighted by Gasteiger charge is 2.22. The number of thiophene rings is 1. The Balaban J connectivity index is 1.61. The maximum atomic E-state index is 13.2. The van der Waals surface area contributed by atoms with Gasteiger partial charge in [-0.15, -0.1) is 26.6 Å². The minimum Gasteiger partial charge on any atom is -0.264 e. The maximum absolute atomic E-state index is 13.2. The molecule has 162 valence electrons. The molecule has 0 amide bonds. The minimum absolute atomic E-state index is 0.347. The molecule has 0 aliphatic heterocycles. The van der Waals surface area contributed by atoms with E-state index < -0.39 is 0 Å². The molecule has 0 aliphatic rings. The average Bonchev–Trinajstić information content (AvgIpc) is 3.29. The predicted octanol–water partition coefficient (Wildman–Crippen LogP) is 5.01. The van der Waals surface area contributed by atoms with Gasteiger partial charge in [0.2, 0.25) is 0 Å². The van der Waals surface area contributed by atoms with E-state index in [0.717, 1.165) is 38.1 Å². The number of benzene rings is 3. The highest BCUT2D eigenvalue weighted by molar-refractivity contribution is 7.25. The lowest BCUT2D eigenvalue weighted by molar-refractivity contribution is 0.643. The summed E-state index contributed by atoms with van der Waals surface area (Å²) in [5.41, 5.74) is 4.52. The summed E-state index contributed by atoms with van der Waals surface area (Å²) in [6.45, 7) is 0. The van der Waals surface area contributed by atoms with E-state index in [-0.39, 0.29) is 5.56 Å². The first-order valence-corrected chi connectivity index (χ1v) is 11.4. The van der Waals surface area contributed by atoms with E-state index >= 15 is 0 Å². The summed E-state index contributed by atoms with van der Waals surface area (Å²) in [6, 6.07) is 29.3. The lowest BCUT2D eigenvalue weighted by Crippen LogP contribution is -2.19. The van der Waals surface area contributed by atoms with Gasteiger partial charge in [-0.25, -0.2) is 0 Å². The van der Waals surface area contributed by atoms with Gasteiger partial charge in [0.1, 0.15) is 20.7 Å². The van der Waals surface area contributed by atoms with Crippen LogP contribution < -0.4 is 5.56 Å². The summed E-state index contributed by atoms with van der Waals surface area (Å²) >= 11 is 1.25. The summed E-state index contributed by atoms with van der Waals surface area (Å²) in [5.74, 6) is 0. The van der Waals surface area contributed by atoms with Crippen molar-refractivity contribution >= 4 is 38.0 Å². The maximum Gasteiger partial charge on any atom is 0.309 e. The van der Waals surface area contributed by atoms with Crippen LogP contribution in [0.2, 0.25) is 0 Å². The van der Waals surface area contributed by atoms with Gasteiger partial charge in [0.05, 0.1) is 11.6 Å². The SMILES string of the molecule is O=c1c2sc3nnc(-c4ccccc4)c(-c4ccccc4)c3c2nnn1/N=C\c1ccccc1. The zero-order chi connectivity index (χ0) is 22.9. The van der Waals surface area contributed by atoms with Crippen LogP contribution in [-0.2, 0) is 0 Å². The van der Waals surface area contributed by atoms with Crippen molar-refractivity contribution in [2.75, 3.05) is 0 Å². The molecule has 0 atom stereocenters. The van der Waals surface area contributed by atoms with Gasteiger partial charge in [0.25, 0.3) is 0 Å². The lowest BCUT2D eigenvalue weighted by atomic mass is 9.97. The van der Waals surface area contributed by atoms with E-state index in [4.69, 9.17) is 0 Å². The Morgan fingerprint density at radius 1 is 0.765 bits per heavy atom. The summed E-state index contributed by atoms with van der Waals surface area (Å²) < 4.78 is 0.437. The van der Waals surface area contributed by atoms with Crippen molar-refractivity contribution < 1.29 is 0 Å². The van der Waals surface area contributed by atoms with Gasteiger partial charge >= 0.3 is 5.56 Å². The smallest absolute Gasteiger partial charge is 0.264 e. The number of nitrogens with zero attached hydrogens (tertiary/aromatic N) is 6. The average molecular weight is 461 g/mol. The van der Waals surface area contributed by atoms with Crippen molar-refractivity contribution in [2.24, 2.45) is 5.10 Å². The van der Waals surface area contributed by atoms with Crippen molar-refractivity contribution in [3.63, 3.8) is 0 Å². The van der Waals surface area contributed by atoms with Crippen LogP contribution in [0.3, 0.4) is 0 Å². The van der Waals surface area contributed by atoms with Gasteiger partial charge in [0, 0.05) is 11.1 Å². The monoisotopic (exact) mass is 460 g/mol. The number of fused-ring (bicyclic) bond motifs is 3. The summed E-state index contributed by atoms with van der Waals surface area (Å²) in [6.07, 6.45) is 1.58. The largest absolute Gasteiger partial charge is 0.309 e. The molecule has 0 radical (unpaired) electrons. The molecule has 7 nitrogen and oxygen atoms in total. The van der Waals surface area contributed by atoms with E-state index in [1.165, 1.54) is 11.3 Å². The number of hydrogen-bond acceptors (Lipinski definition) is 7. The number of rotatable bonds is 4. The molecular weight excluding hydrogens is 444 g/mol. The fraction of sp³-hybridized carbons (Fsp3) is 0. The van der Waals surface area contributed by atoms with Gasteiger partial charge in [-0.05, 0) is 16.3 Å². The fourth-order valence-corrected chi connectivity index (χ4v) is 4.83. The Bertz CT molecular complexity index is 1710. The zero-order valence-electron chi connectivity index (χ0n) is 17.7. The quantitative estimate of drug-likeness (QED) is 0.345. The van der Waals surface area contributed by atoms with E-state index in [1.54, 1.807) is 6.21 Å². The topological polar surface area (TPSA) is 85.9 Å². The highest BCUT2D eigenvalue weighted by Crippen LogP contribution is 2.40. The van der Waals surface area contributed by atoms with E-state index in [1.807, 2.05) is 91.0 Å². The van der Waals surface area contributed by atoms with Gasteiger partial charge in [-0.3, -0.25) is 4.79 Å². The molecule has 8 heteroatoms. The molecule has 6 aromatic rings. The van der Waals surface area contributed by atoms with Gasteiger partial charge in [0.15, 0.2) is 0 Å². The first-order chi connectivity index (χ1) is 16.8. The molecule has 6 rings (SSSR count). The molecule has 0 spiro atoms. The Labute approximate surface area is 197 Å². The molecule has 3 heterocycles. The Morgan fingerprint density at radius 2 is 1.41 bits per heavy atom.